The number of carbonyl (C=O) groups excluding carboxylic acids is 2. The third kappa shape index (κ3) is 1.78. The van der Waals surface area contributed by atoms with Crippen LogP contribution in [0.3, 0.4) is 0 Å². The molecule has 1 aliphatic rings. The Labute approximate surface area is 128 Å². The van der Waals surface area contributed by atoms with Crippen molar-refractivity contribution in [1.82, 2.24) is 4.98 Å². The van der Waals surface area contributed by atoms with Gasteiger partial charge in [-0.15, -0.1) is 11.3 Å². The Bertz CT molecular complexity index is 896. The van der Waals surface area contributed by atoms with Crippen LogP contribution in [0.2, 0.25) is 5.02 Å². The van der Waals surface area contributed by atoms with E-state index in [1.807, 2.05) is 0 Å². The number of hydrogen-bond donors (Lipinski definition) is 0. The molecule has 102 valence electrons. The van der Waals surface area contributed by atoms with Crippen molar-refractivity contribution in [3.05, 3.63) is 63.3 Å². The lowest BCUT2D eigenvalue weighted by Gasteiger charge is -2.12. The van der Waals surface area contributed by atoms with Crippen LogP contribution >= 0.6 is 22.9 Å². The van der Waals surface area contributed by atoms with E-state index in [1.54, 1.807) is 24.3 Å². The van der Waals surface area contributed by atoms with Crippen LogP contribution in [0, 0.1) is 0 Å². The Morgan fingerprint density at radius 3 is 2.71 bits per heavy atom. The molecule has 0 atom stereocenters. The molecule has 0 amide bonds. The van der Waals surface area contributed by atoms with Crippen LogP contribution in [0.4, 0.5) is 0 Å². The van der Waals surface area contributed by atoms with E-state index in [9.17, 15) is 9.59 Å². The highest BCUT2D eigenvalue weighted by Crippen LogP contribution is 2.35. The molecule has 0 radical (unpaired) electrons. The first-order valence-corrected chi connectivity index (χ1v) is 7.28. The summed E-state index contributed by atoms with van der Waals surface area (Å²) in [6.07, 6.45) is 1.52. The first kappa shape index (κ1) is 12.5. The summed E-state index contributed by atoms with van der Waals surface area (Å²) in [6.45, 7) is 0. The van der Waals surface area contributed by atoms with Gasteiger partial charge in [0.2, 0.25) is 11.6 Å². The first-order valence-electron chi connectivity index (χ1n) is 6.09. The molecule has 0 N–H and O–H groups in total. The maximum atomic E-state index is 12.5. The summed E-state index contributed by atoms with van der Waals surface area (Å²) in [6, 6.07) is 8.15. The Kier molecular flexibility index (Phi) is 2.60. The van der Waals surface area contributed by atoms with Crippen LogP contribution in [0.15, 0.2) is 41.0 Å². The van der Waals surface area contributed by atoms with E-state index in [0.717, 1.165) is 11.3 Å². The van der Waals surface area contributed by atoms with Gasteiger partial charge in [0.05, 0.1) is 6.26 Å². The van der Waals surface area contributed by atoms with Crippen LogP contribution in [0.25, 0.3) is 10.8 Å². The fourth-order valence-corrected chi connectivity index (χ4v) is 3.44. The van der Waals surface area contributed by atoms with Crippen molar-refractivity contribution in [3.8, 4) is 10.8 Å². The van der Waals surface area contributed by atoms with Gasteiger partial charge in [0.1, 0.15) is 10.6 Å². The molecular weight excluding hydrogens is 310 g/mol. The minimum atomic E-state index is -0.259. The maximum absolute atomic E-state index is 12.5. The molecule has 0 bridgehead atoms. The van der Waals surface area contributed by atoms with Crippen molar-refractivity contribution >= 4 is 34.5 Å². The predicted octanol–water partition coefficient (Wildman–Crippen LogP) is 3.83. The third-order valence-corrected chi connectivity index (χ3v) is 4.56. The number of nitrogens with zero attached hydrogens (tertiary/aromatic N) is 1. The summed E-state index contributed by atoms with van der Waals surface area (Å²) >= 11 is 7.07. The lowest BCUT2D eigenvalue weighted by Crippen LogP contribution is -2.19. The summed E-state index contributed by atoms with van der Waals surface area (Å²) in [4.78, 5) is 29.6. The Hall–Kier alpha value is -2.24. The molecular formula is C15H6ClNO3S. The Balaban J connectivity index is 1.93. The zero-order valence-electron chi connectivity index (χ0n) is 10.4. The molecule has 4 nitrogen and oxygen atoms in total. The number of thiazole rings is 1. The van der Waals surface area contributed by atoms with E-state index in [1.165, 1.54) is 12.3 Å². The molecule has 0 unspecified atom stereocenters. The number of rotatable bonds is 1. The highest BCUT2D eigenvalue weighted by molar-refractivity contribution is 7.17. The minimum Gasteiger partial charge on any atom is -0.462 e. The van der Waals surface area contributed by atoms with E-state index in [4.69, 9.17) is 16.0 Å². The lowest BCUT2D eigenvalue weighted by molar-refractivity contribution is 0.0979. The average molecular weight is 316 g/mol. The van der Waals surface area contributed by atoms with Crippen molar-refractivity contribution in [2.75, 3.05) is 0 Å². The van der Waals surface area contributed by atoms with Gasteiger partial charge in [0, 0.05) is 16.1 Å². The molecule has 0 saturated carbocycles. The lowest BCUT2D eigenvalue weighted by atomic mass is 9.91. The minimum absolute atomic E-state index is 0.186. The molecule has 4 rings (SSSR count). The molecule has 1 aromatic carbocycles. The number of aromatic nitrogens is 1. The van der Waals surface area contributed by atoms with Crippen molar-refractivity contribution in [2.24, 2.45) is 0 Å². The van der Waals surface area contributed by atoms with Crippen molar-refractivity contribution in [1.29, 1.82) is 0 Å². The fourth-order valence-electron chi connectivity index (χ4n) is 2.29. The van der Waals surface area contributed by atoms with Crippen molar-refractivity contribution < 1.29 is 14.0 Å². The van der Waals surface area contributed by atoms with Crippen LogP contribution in [-0.2, 0) is 0 Å². The van der Waals surface area contributed by atoms with Crippen molar-refractivity contribution in [3.63, 3.8) is 0 Å². The second kappa shape index (κ2) is 4.38. The summed E-state index contributed by atoms with van der Waals surface area (Å²) in [5.41, 5.74) is 0.856. The molecule has 21 heavy (non-hydrogen) atoms. The van der Waals surface area contributed by atoms with Gasteiger partial charge in [-0.3, -0.25) is 9.59 Å². The van der Waals surface area contributed by atoms with E-state index >= 15 is 0 Å². The molecule has 2 heterocycles. The highest BCUT2D eigenvalue weighted by Gasteiger charge is 2.34. The van der Waals surface area contributed by atoms with Crippen LogP contribution < -0.4 is 0 Å². The van der Waals surface area contributed by atoms with Crippen LogP contribution in [0.1, 0.15) is 31.3 Å². The maximum Gasteiger partial charge on any atom is 0.213 e. The quantitative estimate of drug-likeness (QED) is 0.535. The van der Waals surface area contributed by atoms with Gasteiger partial charge in [0.25, 0.3) is 0 Å². The van der Waals surface area contributed by atoms with Gasteiger partial charge in [0.15, 0.2) is 10.8 Å². The van der Waals surface area contributed by atoms with Crippen LogP contribution in [0.5, 0.6) is 0 Å². The largest absolute Gasteiger partial charge is 0.462 e. The number of fused-ring (bicyclic) bond motifs is 2. The van der Waals surface area contributed by atoms with Gasteiger partial charge < -0.3 is 4.42 Å². The first-order chi connectivity index (χ1) is 10.1. The van der Waals surface area contributed by atoms with Gasteiger partial charge in [-0.1, -0.05) is 11.6 Å². The molecule has 0 saturated heterocycles. The van der Waals surface area contributed by atoms with E-state index in [-0.39, 0.29) is 17.3 Å². The number of hydrogen-bond acceptors (Lipinski definition) is 5. The fraction of sp³-hybridized carbons (Fsp3) is 0. The third-order valence-electron chi connectivity index (χ3n) is 3.25. The standard InChI is InChI=1S/C15H6ClNO3S/c16-7-3-4-8-9(6-7)13(19)14-11(12(8)18)17-15(21-14)10-2-1-5-20-10/h1-6H. The van der Waals surface area contributed by atoms with Crippen molar-refractivity contribution in [2.45, 2.75) is 0 Å². The molecule has 3 aromatic rings. The van der Waals surface area contributed by atoms with Gasteiger partial charge in [-0.2, -0.15) is 0 Å². The summed E-state index contributed by atoms with van der Waals surface area (Å²) in [5, 5.41) is 0.944. The summed E-state index contributed by atoms with van der Waals surface area (Å²) < 4.78 is 5.27. The average Bonchev–Trinajstić information content (AvgIpc) is 3.13. The molecule has 6 heteroatoms. The highest BCUT2D eigenvalue weighted by atomic mass is 35.5. The Morgan fingerprint density at radius 2 is 1.95 bits per heavy atom. The zero-order valence-corrected chi connectivity index (χ0v) is 12.0. The Morgan fingerprint density at radius 1 is 1.10 bits per heavy atom. The zero-order chi connectivity index (χ0) is 14.6. The van der Waals surface area contributed by atoms with Gasteiger partial charge in [-0.05, 0) is 30.3 Å². The van der Waals surface area contributed by atoms with E-state index in [2.05, 4.69) is 4.98 Å². The molecule has 0 fully saturated rings. The molecule has 0 spiro atoms. The summed E-state index contributed by atoms with van der Waals surface area (Å²) in [7, 11) is 0. The number of benzene rings is 1. The number of furan rings is 1. The number of carbonyl (C=O) groups is 2. The van der Waals surface area contributed by atoms with Gasteiger partial charge in [-0.25, -0.2) is 4.98 Å². The monoisotopic (exact) mass is 315 g/mol. The van der Waals surface area contributed by atoms with E-state index < -0.39 is 0 Å². The molecule has 1 aliphatic carbocycles. The normalized spacial score (nSPS) is 13.2. The second-order valence-electron chi connectivity index (χ2n) is 4.52. The number of halogens is 1. The number of ketones is 2. The smallest absolute Gasteiger partial charge is 0.213 e. The van der Waals surface area contributed by atoms with Gasteiger partial charge >= 0.3 is 0 Å². The van der Waals surface area contributed by atoms with Crippen LogP contribution in [-0.4, -0.2) is 16.6 Å². The van der Waals surface area contributed by atoms with E-state index in [0.29, 0.717) is 31.8 Å². The predicted molar refractivity (Wildman–Crippen MR) is 78.1 cm³/mol. The second-order valence-corrected chi connectivity index (χ2v) is 5.96. The molecule has 2 aromatic heterocycles. The summed E-state index contributed by atoms with van der Waals surface area (Å²) in [5.74, 6) is 0.0554. The topological polar surface area (TPSA) is 60.2 Å². The SMILES string of the molecule is O=C1c2ccc(Cl)cc2C(=O)c2sc(-c3ccco3)nc21. The molecule has 0 aliphatic heterocycles.